The highest BCUT2D eigenvalue weighted by Crippen LogP contribution is 2.28. The SMILES string of the molecule is CNC(=O)C(Cc1ccccc1)N(Cc1ccc(Cl)cc1Cl)C(=O)COc1cc(OC)cc(OC)c1. The maximum atomic E-state index is 13.5. The first-order valence-electron chi connectivity index (χ1n) is 11.2. The van der Waals surface area contributed by atoms with Gasteiger partial charge in [0, 0.05) is 48.3 Å². The summed E-state index contributed by atoms with van der Waals surface area (Å²) in [6, 6.07) is 18.7. The fourth-order valence-electron chi connectivity index (χ4n) is 3.65. The van der Waals surface area contributed by atoms with Crippen LogP contribution < -0.4 is 19.5 Å². The fraction of sp³-hybridized carbons (Fsp3) is 0.259. The Hall–Kier alpha value is -3.42. The van der Waals surface area contributed by atoms with Crippen LogP contribution in [0.15, 0.2) is 66.7 Å². The van der Waals surface area contributed by atoms with Crippen molar-refractivity contribution in [3.8, 4) is 17.2 Å². The van der Waals surface area contributed by atoms with Crippen LogP contribution in [0.2, 0.25) is 10.0 Å². The van der Waals surface area contributed by atoms with E-state index in [0.29, 0.717) is 39.3 Å². The van der Waals surface area contributed by atoms with E-state index in [-0.39, 0.29) is 19.1 Å². The molecule has 0 fully saturated rings. The Bertz CT molecular complexity index is 1170. The highest BCUT2D eigenvalue weighted by molar-refractivity contribution is 6.35. The second kappa shape index (κ2) is 13.0. The normalized spacial score (nSPS) is 11.4. The number of hydrogen-bond acceptors (Lipinski definition) is 5. The molecule has 2 amide bonds. The molecule has 0 aliphatic rings. The third kappa shape index (κ3) is 7.29. The van der Waals surface area contributed by atoms with Crippen LogP contribution in [0, 0.1) is 0 Å². The second-order valence-corrected chi connectivity index (χ2v) is 8.76. The number of carbonyl (C=O) groups is 2. The van der Waals surface area contributed by atoms with Crippen molar-refractivity contribution in [3.63, 3.8) is 0 Å². The zero-order chi connectivity index (χ0) is 26.1. The largest absolute Gasteiger partial charge is 0.496 e. The van der Waals surface area contributed by atoms with E-state index in [9.17, 15) is 9.59 Å². The molecule has 3 aromatic rings. The van der Waals surface area contributed by atoms with Gasteiger partial charge in [0.15, 0.2) is 6.61 Å². The van der Waals surface area contributed by atoms with Gasteiger partial charge in [0.25, 0.3) is 5.91 Å². The molecule has 1 N–H and O–H groups in total. The van der Waals surface area contributed by atoms with Gasteiger partial charge in [-0.3, -0.25) is 9.59 Å². The summed E-state index contributed by atoms with van der Waals surface area (Å²) in [5.74, 6) is 0.735. The maximum Gasteiger partial charge on any atom is 0.261 e. The van der Waals surface area contributed by atoms with Crippen molar-refractivity contribution in [3.05, 3.63) is 87.9 Å². The summed E-state index contributed by atoms with van der Waals surface area (Å²) in [4.78, 5) is 28.0. The predicted octanol–water partition coefficient (Wildman–Crippen LogP) is 4.78. The molecular weight excluding hydrogens is 503 g/mol. The molecular formula is C27H28Cl2N2O5. The van der Waals surface area contributed by atoms with Gasteiger partial charge in [-0.1, -0.05) is 59.6 Å². The second-order valence-electron chi connectivity index (χ2n) is 7.91. The monoisotopic (exact) mass is 530 g/mol. The van der Waals surface area contributed by atoms with E-state index in [0.717, 1.165) is 5.56 Å². The summed E-state index contributed by atoms with van der Waals surface area (Å²) in [5, 5.41) is 3.55. The van der Waals surface area contributed by atoms with E-state index in [1.54, 1.807) is 36.4 Å². The van der Waals surface area contributed by atoms with Gasteiger partial charge in [-0.2, -0.15) is 0 Å². The van der Waals surface area contributed by atoms with Crippen molar-refractivity contribution in [1.82, 2.24) is 10.2 Å². The van der Waals surface area contributed by atoms with Gasteiger partial charge in [-0.15, -0.1) is 0 Å². The smallest absolute Gasteiger partial charge is 0.261 e. The number of halogens is 2. The van der Waals surface area contributed by atoms with Crippen molar-refractivity contribution < 1.29 is 23.8 Å². The number of hydrogen-bond donors (Lipinski definition) is 1. The van der Waals surface area contributed by atoms with Crippen LogP contribution >= 0.6 is 23.2 Å². The molecule has 0 aliphatic carbocycles. The number of likely N-dealkylation sites (N-methyl/N-ethyl adjacent to an activating group) is 1. The number of amides is 2. The van der Waals surface area contributed by atoms with E-state index in [1.807, 2.05) is 30.3 Å². The maximum absolute atomic E-state index is 13.5. The Balaban J connectivity index is 1.91. The summed E-state index contributed by atoms with van der Waals surface area (Å²) < 4.78 is 16.3. The quantitative estimate of drug-likeness (QED) is 0.386. The summed E-state index contributed by atoms with van der Waals surface area (Å²) in [5.41, 5.74) is 1.56. The van der Waals surface area contributed by atoms with E-state index >= 15 is 0 Å². The van der Waals surface area contributed by atoms with Gasteiger partial charge in [-0.25, -0.2) is 0 Å². The van der Waals surface area contributed by atoms with Crippen LogP contribution in [0.5, 0.6) is 17.2 Å². The van der Waals surface area contributed by atoms with Gasteiger partial charge < -0.3 is 24.4 Å². The lowest BCUT2D eigenvalue weighted by Crippen LogP contribution is -2.51. The van der Waals surface area contributed by atoms with E-state index in [2.05, 4.69) is 5.32 Å². The zero-order valence-electron chi connectivity index (χ0n) is 20.3. The third-order valence-electron chi connectivity index (χ3n) is 5.56. The van der Waals surface area contributed by atoms with Crippen LogP contribution in [-0.2, 0) is 22.6 Å². The van der Waals surface area contributed by atoms with Crippen LogP contribution in [0.1, 0.15) is 11.1 Å². The number of nitrogens with one attached hydrogen (secondary N) is 1. The standard InChI is InChI=1S/C27H28Cl2N2O5/c1-30-27(33)25(11-18-7-5-4-6-8-18)31(16-19-9-10-20(28)12-24(19)29)26(32)17-36-23-14-21(34-2)13-22(15-23)35-3/h4-10,12-15,25H,11,16-17H2,1-3H3,(H,30,33). The van der Waals surface area contributed by atoms with Gasteiger partial charge in [-0.05, 0) is 23.3 Å². The summed E-state index contributed by atoms with van der Waals surface area (Å²) in [6.45, 7) is -0.228. The minimum atomic E-state index is -0.805. The van der Waals surface area contributed by atoms with Crippen molar-refractivity contribution in [2.24, 2.45) is 0 Å². The molecule has 3 aromatic carbocycles. The molecule has 0 saturated heterocycles. The summed E-state index contributed by atoms with van der Waals surface area (Å²) in [6.07, 6.45) is 0.310. The van der Waals surface area contributed by atoms with Gasteiger partial charge in [0.05, 0.1) is 14.2 Å². The average Bonchev–Trinajstić information content (AvgIpc) is 2.90. The molecule has 3 rings (SSSR count). The lowest BCUT2D eigenvalue weighted by molar-refractivity contribution is -0.142. The average molecular weight is 531 g/mol. The van der Waals surface area contributed by atoms with E-state index in [1.165, 1.54) is 26.2 Å². The number of ether oxygens (including phenoxy) is 3. The molecule has 0 aliphatic heterocycles. The fourth-order valence-corrected chi connectivity index (χ4v) is 4.11. The highest BCUT2D eigenvalue weighted by Gasteiger charge is 2.30. The predicted molar refractivity (Wildman–Crippen MR) is 140 cm³/mol. The molecule has 0 radical (unpaired) electrons. The number of benzene rings is 3. The summed E-state index contributed by atoms with van der Waals surface area (Å²) in [7, 11) is 4.59. The Morgan fingerprint density at radius 2 is 1.56 bits per heavy atom. The molecule has 190 valence electrons. The van der Waals surface area contributed by atoms with E-state index in [4.69, 9.17) is 37.4 Å². The minimum Gasteiger partial charge on any atom is -0.496 e. The third-order valence-corrected chi connectivity index (χ3v) is 6.15. The van der Waals surface area contributed by atoms with E-state index < -0.39 is 11.9 Å². The molecule has 0 spiro atoms. The lowest BCUT2D eigenvalue weighted by atomic mass is 10.0. The first-order valence-corrected chi connectivity index (χ1v) is 11.9. The van der Waals surface area contributed by atoms with Crippen LogP contribution in [-0.4, -0.2) is 50.6 Å². The minimum absolute atomic E-state index is 0.0878. The topological polar surface area (TPSA) is 77.1 Å². The van der Waals surface area contributed by atoms with Crippen LogP contribution in [0.4, 0.5) is 0 Å². The molecule has 0 bridgehead atoms. The molecule has 1 unspecified atom stereocenters. The number of carbonyl (C=O) groups excluding carboxylic acids is 2. The van der Waals surface area contributed by atoms with Gasteiger partial charge in [0.2, 0.25) is 5.91 Å². The van der Waals surface area contributed by atoms with Crippen molar-refractivity contribution in [2.45, 2.75) is 19.0 Å². The Labute approximate surface area is 220 Å². The Morgan fingerprint density at radius 1 is 0.917 bits per heavy atom. The van der Waals surface area contributed by atoms with Gasteiger partial charge >= 0.3 is 0 Å². The molecule has 7 nitrogen and oxygen atoms in total. The highest BCUT2D eigenvalue weighted by atomic mass is 35.5. The first kappa shape index (κ1) is 27.2. The summed E-state index contributed by atoms with van der Waals surface area (Å²) >= 11 is 12.5. The van der Waals surface area contributed by atoms with Crippen molar-refractivity contribution >= 4 is 35.0 Å². The number of nitrogens with zero attached hydrogens (tertiary/aromatic N) is 1. The zero-order valence-corrected chi connectivity index (χ0v) is 21.8. The molecule has 36 heavy (non-hydrogen) atoms. The molecule has 9 heteroatoms. The molecule has 0 heterocycles. The Morgan fingerprint density at radius 3 is 2.14 bits per heavy atom. The molecule has 0 saturated carbocycles. The van der Waals surface area contributed by atoms with Crippen LogP contribution in [0.3, 0.4) is 0 Å². The van der Waals surface area contributed by atoms with Crippen molar-refractivity contribution in [2.75, 3.05) is 27.9 Å². The molecule has 1 atom stereocenters. The molecule has 0 aromatic heterocycles. The van der Waals surface area contributed by atoms with Crippen molar-refractivity contribution in [1.29, 1.82) is 0 Å². The number of methoxy groups -OCH3 is 2. The first-order chi connectivity index (χ1) is 17.3. The lowest BCUT2D eigenvalue weighted by Gasteiger charge is -2.31. The Kier molecular flexibility index (Phi) is 9.85. The number of rotatable bonds is 11. The van der Waals surface area contributed by atoms with Crippen LogP contribution in [0.25, 0.3) is 0 Å². The van der Waals surface area contributed by atoms with Gasteiger partial charge in [0.1, 0.15) is 23.3 Å².